The first kappa shape index (κ1) is 23.0. The lowest BCUT2D eigenvalue weighted by molar-refractivity contribution is -0.218. The van der Waals surface area contributed by atoms with Crippen LogP contribution < -0.4 is 0 Å². The van der Waals surface area contributed by atoms with Crippen molar-refractivity contribution in [2.45, 2.75) is 37.5 Å². The van der Waals surface area contributed by atoms with E-state index in [1.165, 1.54) is 6.92 Å². The minimum atomic E-state index is -4.32. The van der Waals surface area contributed by atoms with Gasteiger partial charge in [-0.05, 0) is 20.8 Å². The van der Waals surface area contributed by atoms with Crippen molar-refractivity contribution in [3.63, 3.8) is 0 Å². The first-order chi connectivity index (χ1) is 9.71. The van der Waals surface area contributed by atoms with Gasteiger partial charge >= 0.3 is 23.1 Å². The molecule has 1 N–H and O–H groups in total. The predicted molar refractivity (Wildman–Crippen MR) is 73.0 cm³/mol. The van der Waals surface area contributed by atoms with Crippen LogP contribution in [0.3, 0.4) is 0 Å². The number of carbonyl (C=O) groups is 2. The summed E-state index contributed by atoms with van der Waals surface area (Å²) in [4.78, 5) is 22.4. The highest BCUT2D eigenvalue weighted by molar-refractivity contribution is 7.81. The van der Waals surface area contributed by atoms with Gasteiger partial charge in [0.2, 0.25) is 0 Å². The zero-order valence-electron chi connectivity index (χ0n) is 12.5. The van der Waals surface area contributed by atoms with E-state index in [9.17, 15) is 27.2 Å². The van der Waals surface area contributed by atoms with Crippen LogP contribution in [-0.2, 0) is 19.1 Å². The molecular weight excluding hydrogens is 332 g/mol. The van der Waals surface area contributed by atoms with Gasteiger partial charge in [-0.25, -0.2) is 9.59 Å². The monoisotopic (exact) mass is 350 g/mol. The lowest BCUT2D eigenvalue weighted by atomic mass is 10.0. The molecule has 5 nitrogen and oxygen atoms in total. The normalized spacial score (nSPS) is 11.9. The lowest BCUT2D eigenvalue weighted by Crippen LogP contribution is -2.53. The number of halogens is 4. The fraction of sp³-hybridized carbons (Fsp3) is 0.667. The summed E-state index contributed by atoms with van der Waals surface area (Å²) >= 11 is 2.73. The fourth-order valence-corrected chi connectivity index (χ4v) is 0.936. The van der Waals surface area contributed by atoms with Crippen molar-refractivity contribution in [3.05, 3.63) is 12.2 Å². The number of alkyl halides is 4. The smallest absolute Gasteiger partial charge is 0.381 e. The molecule has 0 rings (SSSR count). The second-order valence-electron chi connectivity index (χ2n) is 4.50. The summed E-state index contributed by atoms with van der Waals surface area (Å²) < 4.78 is 60.3. The zero-order chi connectivity index (χ0) is 18.4. The van der Waals surface area contributed by atoms with Gasteiger partial charge in [0.15, 0.2) is 12.2 Å². The van der Waals surface area contributed by atoms with Gasteiger partial charge in [-0.15, -0.1) is 12.6 Å². The zero-order valence-corrected chi connectivity index (χ0v) is 13.3. The molecule has 0 bridgehead atoms. The molecule has 0 aromatic rings. The summed E-state index contributed by atoms with van der Waals surface area (Å²) in [5.74, 6) is -7.72. The first-order valence-corrected chi connectivity index (χ1v) is 6.14. The number of rotatable bonds is 6. The summed E-state index contributed by atoms with van der Waals surface area (Å²) in [6.07, 6.45) is 0. The Labute approximate surface area is 130 Å². The second-order valence-corrected chi connectivity index (χ2v) is 5.15. The molecule has 0 saturated heterocycles. The largest absolute Gasteiger partial charge is 0.454 e. The molecule has 22 heavy (non-hydrogen) atoms. The predicted octanol–water partition coefficient (Wildman–Crippen LogP) is 2.19. The van der Waals surface area contributed by atoms with Gasteiger partial charge in [-0.2, -0.15) is 17.6 Å². The maximum atomic E-state index is 13.7. The van der Waals surface area contributed by atoms with Crippen molar-refractivity contribution >= 4 is 24.6 Å². The van der Waals surface area contributed by atoms with Crippen LogP contribution in [-0.4, -0.2) is 47.5 Å². The molecular formula is C12H18F4O5S. The summed E-state index contributed by atoms with van der Waals surface area (Å²) in [6, 6.07) is 0. The molecule has 0 aliphatic rings. The Kier molecular flexibility index (Phi) is 8.74. The molecule has 0 radical (unpaired) electrons. The Morgan fingerprint density at radius 3 is 1.91 bits per heavy atom. The summed E-state index contributed by atoms with van der Waals surface area (Å²) in [7, 11) is 1.00. The summed E-state index contributed by atoms with van der Waals surface area (Å²) in [5.41, 5.74) is -2.75. The highest BCUT2D eigenvalue weighted by Gasteiger charge is 2.58. The standard InChI is InChI=1S/C11H14F4O4S.CH4O/c1-6(2)7(16)19-9(3,4)11(14,15)8(17)18-5-10(12,13)20;1-2/h20H,1,5H2,2-4H3;2H,1H3. The minimum Gasteiger partial charge on any atom is -0.454 e. The van der Waals surface area contributed by atoms with Gasteiger partial charge in [0.05, 0.1) is 0 Å². The van der Waals surface area contributed by atoms with Gasteiger partial charge in [0.1, 0.15) is 0 Å². The molecule has 0 aromatic carbocycles. The fourth-order valence-electron chi connectivity index (χ4n) is 0.872. The van der Waals surface area contributed by atoms with Crippen LogP contribution in [0.25, 0.3) is 0 Å². The Morgan fingerprint density at radius 2 is 1.59 bits per heavy atom. The highest BCUT2D eigenvalue weighted by Crippen LogP contribution is 2.34. The van der Waals surface area contributed by atoms with Crippen molar-refractivity contribution in [3.8, 4) is 0 Å². The third kappa shape index (κ3) is 7.12. The van der Waals surface area contributed by atoms with Gasteiger partial charge in [-0.3, -0.25) is 0 Å². The molecule has 0 heterocycles. The molecule has 0 atom stereocenters. The van der Waals surface area contributed by atoms with Crippen molar-refractivity contribution in [1.29, 1.82) is 0 Å². The molecule has 0 fully saturated rings. The number of carbonyl (C=O) groups excluding carboxylic acids is 2. The number of thiol groups is 1. The molecule has 0 amide bonds. The first-order valence-electron chi connectivity index (χ1n) is 5.69. The van der Waals surface area contributed by atoms with Crippen molar-refractivity contribution in [1.82, 2.24) is 0 Å². The van der Waals surface area contributed by atoms with Crippen molar-refractivity contribution in [2.24, 2.45) is 0 Å². The van der Waals surface area contributed by atoms with Gasteiger partial charge in [0, 0.05) is 12.7 Å². The van der Waals surface area contributed by atoms with E-state index in [1.807, 2.05) is 0 Å². The maximum Gasteiger partial charge on any atom is 0.381 e. The Hall–Kier alpha value is -1.29. The molecule has 0 saturated carbocycles. The van der Waals surface area contributed by atoms with Gasteiger partial charge < -0.3 is 14.6 Å². The van der Waals surface area contributed by atoms with E-state index < -0.39 is 35.3 Å². The van der Waals surface area contributed by atoms with E-state index >= 15 is 0 Å². The Bertz CT molecular complexity index is 418. The van der Waals surface area contributed by atoms with Gasteiger partial charge in [-0.1, -0.05) is 6.58 Å². The van der Waals surface area contributed by atoms with E-state index in [1.54, 1.807) is 0 Å². The van der Waals surface area contributed by atoms with Crippen LogP contribution in [0.15, 0.2) is 12.2 Å². The van der Waals surface area contributed by atoms with E-state index in [0.29, 0.717) is 0 Å². The third-order valence-corrected chi connectivity index (χ3v) is 2.21. The quantitative estimate of drug-likeness (QED) is 0.333. The molecule has 0 unspecified atom stereocenters. The second kappa shape index (κ2) is 8.37. The third-order valence-electron chi connectivity index (χ3n) is 2.09. The Balaban J connectivity index is 0. The number of ether oxygens (including phenoxy) is 2. The Morgan fingerprint density at radius 1 is 1.18 bits per heavy atom. The van der Waals surface area contributed by atoms with E-state index in [2.05, 4.69) is 28.7 Å². The molecule has 10 heteroatoms. The topological polar surface area (TPSA) is 72.8 Å². The average molecular weight is 350 g/mol. The molecule has 0 aliphatic carbocycles. The van der Waals surface area contributed by atoms with Crippen LogP contribution in [0.1, 0.15) is 20.8 Å². The number of hydrogen-bond donors (Lipinski definition) is 2. The van der Waals surface area contributed by atoms with Crippen LogP contribution in [0.4, 0.5) is 17.6 Å². The van der Waals surface area contributed by atoms with E-state index in [-0.39, 0.29) is 5.57 Å². The van der Waals surface area contributed by atoms with Crippen LogP contribution in [0.2, 0.25) is 0 Å². The number of aliphatic hydroxyl groups is 1. The molecule has 130 valence electrons. The average Bonchev–Trinajstić information content (AvgIpc) is 2.36. The highest BCUT2D eigenvalue weighted by atomic mass is 32.1. The lowest BCUT2D eigenvalue weighted by Gasteiger charge is -2.31. The SMILES string of the molecule is C=C(C)C(=O)OC(C)(C)C(F)(F)C(=O)OCC(F)(F)S.CO. The minimum absolute atomic E-state index is 0.163. The van der Waals surface area contributed by atoms with E-state index in [4.69, 9.17) is 5.11 Å². The van der Waals surface area contributed by atoms with E-state index in [0.717, 1.165) is 21.0 Å². The molecule has 0 aromatic heterocycles. The maximum absolute atomic E-state index is 13.7. The molecule has 0 spiro atoms. The van der Waals surface area contributed by atoms with Crippen molar-refractivity contribution < 1.29 is 41.7 Å². The van der Waals surface area contributed by atoms with Crippen LogP contribution in [0.5, 0.6) is 0 Å². The van der Waals surface area contributed by atoms with Crippen LogP contribution in [0, 0.1) is 0 Å². The van der Waals surface area contributed by atoms with Crippen molar-refractivity contribution in [2.75, 3.05) is 13.7 Å². The summed E-state index contributed by atoms with van der Waals surface area (Å²) in [5, 5.41) is 3.25. The van der Waals surface area contributed by atoms with Gasteiger partial charge in [0.25, 0.3) is 0 Å². The number of hydrogen-bond acceptors (Lipinski definition) is 6. The number of esters is 2. The molecule has 0 aliphatic heterocycles. The number of aliphatic hydroxyl groups excluding tert-OH is 1. The summed E-state index contributed by atoms with van der Waals surface area (Å²) in [6.45, 7) is 4.27. The van der Waals surface area contributed by atoms with Crippen LogP contribution >= 0.6 is 12.6 Å².